The average Bonchev–Trinajstić information content (AvgIpc) is 3.05. The fourth-order valence-corrected chi connectivity index (χ4v) is 3.43. The van der Waals surface area contributed by atoms with Gasteiger partial charge in [-0.2, -0.15) is 0 Å². The standard InChI is InChI=1S/C22H24N2O5S/c1-15-5-3-4-6-17(15)28-11-9-27-10-12-29-18-8-7-16(13-19(18)26-2)14-20-21(25)24-22(23)30-20/h3-8,13-14H,9-12H2,1-2H3,(H2,23,24,25). The van der Waals surface area contributed by atoms with Gasteiger partial charge in [-0.15, -0.1) is 0 Å². The SMILES string of the molecule is COc1cc(C=C2SC(=N)NC2=O)ccc1OCCOCCOc1ccccc1C. The number of amides is 1. The molecule has 8 heteroatoms. The Labute approximate surface area is 179 Å². The molecule has 0 aromatic heterocycles. The highest BCUT2D eigenvalue weighted by Crippen LogP contribution is 2.31. The summed E-state index contributed by atoms with van der Waals surface area (Å²) < 4.78 is 22.4. The van der Waals surface area contributed by atoms with E-state index in [9.17, 15) is 4.79 Å². The third-order valence-electron chi connectivity index (χ3n) is 4.21. The van der Waals surface area contributed by atoms with Crippen LogP contribution < -0.4 is 19.5 Å². The molecule has 0 spiro atoms. The van der Waals surface area contributed by atoms with E-state index in [0.717, 1.165) is 28.6 Å². The number of ether oxygens (including phenoxy) is 4. The molecular weight excluding hydrogens is 404 g/mol. The van der Waals surface area contributed by atoms with Crippen LogP contribution in [-0.4, -0.2) is 44.6 Å². The van der Waals surface area contributed by atoms with Crippen molar-refractivity contribution in [3.05, 3.63) is 58.5 Å². The Balaban J connectivity index is 1.43. The van der Waals surface area contributed by atoms with Crippen molar-refractivity contribution in [3.8, 4) is 17.2 Å². The van der Waals surface area contributed by atoms with Crippen molar-refractivity contribution in [2.45, 2.75) is 6.92 Å². The van der Waals surface area contributed by atoms with Crippen LogP contribution in [0.1, 0.15) is 11.1 Å². The molecule has 3 rings (SSSR count). The quantitative estimate of drug-likeness (QED) is 0.444. The summed E-state index contributed by atoms with van der Waals surface area (Å²) in [7, 11) is 1.56. The number of hydrogen-bond acceptors (Lipinski definition) is 7. The number of nitrogens with one attached hydrogen (secondary N) is 2. The molecular formula is C22H24N2O5S. The van der Waals surface area contributed by atoms with Gasteiger partial charge < -0.3 is 24.3 Å². The minimum Gasteiger partial charge on any atom is -0.493 e. The van der Waals surface area contributed by atoms with Gasteiger partial charge in [0.05, 0.1) is 25.2 Å². The Bertz CT molecular complexity index is 945. The second kappa shape index (κ2) is 10.7. The van der Waals surface area contributed by atoms with E-state index in [1.807, 2.05) is 37.3 Å². The lowest BCUT2D eigenvalue weighted by molar-refractivity contribution is -0.115. The molecule has 0 radical (unpaired) electrons. The minimum absolute atomic E-state index is 0.127. The zero-order valence-corrected chi connectivity index (χ0v) is 17.7. The zero-order valence-electron chi connectivity index (χ0n) is 16.9. The van der Waals surface area contributed by atoms with Gasteiger partial charge in [0.25, 0.3) is 5.91 Å². The number of thioether (sulfide) groups is 1. The monoisotopic (exact) mass is 428 g/mol. The van der Waals surface area contributed by atoms with Crippen LogP contribution in [0.3, 0.4) is 0 Å². The summed E-state index contributed by atoms with van der Waals surface area (Å²) in [5.74, 6) is 1.75. The van der Waals surface area contributed by atoms with Crippen molar-refractivity contribution < 1.29 is 23.7 Å². The first-order valence-corrected chi connectivity index (χ1v) is 10.2. The highest BCUT2D eigenvalue weighted by molar-refractivity contribution is 8.18. The van der Waals surface area contributed by atoms with Crippen LogP contribution in [0.25, 0.3) is 6.08 Å². The van der Waals surface area contributed by atoms with Gasteiger partial charge in [-0.05, 0) is 54.1 Å². The first kappa shape index (κ1) is 21.7. The number of hydrogen-bond donors (Lipinski definition) is 2. The number of aryl methyl sites for hydroxylation is 1. The van der Waals surface area contributed by atoms with Gasteiger partial charge in [0.15, 0.2) is 16.7 Å². The van der Waals surface area contributed by atoms with Crippen LogP contribution in [-0.2, 0) is 9.53 Å². The summed E-state index contributed by atoms with van der Waals surface area (Å²) in [4.78, 5) is 12.2. The van der Waals surface area contributed by atoms with E-state index < -0.39 is 0 Å². The Morgan fingerprint density at radius 1 is 1.00 bits per heavy atom. The lowest BCUT2D eigenvalue weighted by atomic mass is 10.2. The third-order valence-corrected chi connectivity index (χ3v) is 5.04. The van der Waals surface area contributed by atoms with Crippen LogP contribution in [0.5, 0.6) is 17.2 Å². The highest BCUT2D eigenvalue weighted by atomic mass is 32.2. The molecule has 0 bridgehead atoms. The largest absolute Gasteiger partial charge is 0.493 e. The summed E-state index contributed by atoms with van der Waals surface area (Å²) in [5.41, 5.74) is 1.88. The van der Waals surface area contributed by atoms with Crippen LogP contribution in [0.2, 0.25) is 0 Å². The molecule has 0 unspecified atom stereocenters. The molecule has 1 saturated heterocycles. The molecule has 158 valence electrons. The summed E-state index contributed by atoms with van der Waals surface area (Å²) in [6.07, 6.45) is 1.71. The number of carbonyl (C=O) groups excluding carboxylic acids is 1. The maximum atomic E-state index is 11.7. The minimum atomic E-state index is -0.271. The lowest BCUT2D eigenvalue weighted by Gasteiger charge is -2.12. The lowest BCUT2D eigenvalue weighted by Crippen LogP contribution is -2.18. The molecule has 2 N–H and O–H groups in total. The van der Waals surface area contributed by atoms with Crippen LogP contribution in [0.4, 0.5) is 0 Å². The topological polar surface area (TPSA) is 89.9 Å². The fourth-order valence-electron chi connectivity index (χ4n) is 2.73. The number of rotatable bonds is 10. The third kappa shape index (κ3) is 6.01. The first-order chi connectivity index (χ1) is 14.6. The van der Waals surface area contributed by atoms with Crippen LogP contribution in [0.15, 0.2) is 47.4 Å². The second-order valence-electron chi connectivity index (χ2n) is 6.38. The van der Waals surface area contributed by atoms with Gasteiger partial charge in [-0.1, -0.05) is 24.3 Å². The Hall–Kier alpha value is -2.97. The van der Waals surface area contributed by atoms with E-state index in [4.69, 9.17) is 24.4 Å². The van der Waals surface area contributed by atoms with Gasteiger partial charge in [0.1, 0.15) is 19.0 Å². The maximum absolute atomic E-state index is 11.7. The predicted molar refractivity (Wildman–Crippen MR) is 117 cm³/mol. The van der Waals surface area contributed by atoms with Crippen molar-refractivity contribution in [1.29, 1.82) is 5.41 Å². The van der Waals surface area contributed by atoms with E-state index in [-0.39, 0.29) is 11.1 Å². The molecule has 7 nitrogen and oxygen atoms in total. The van der Waals surface area contributed by atoms with Crippen LogP contribution >= 0.6 is 11.8 Å². The molecule has 30 heavy (non-hydrogen) atoms. The summed E-state index contributed by atoms with van der Waals surface area (Å²) in [6.45, 7) is 3.74. The molecule has 1 aliphatic rings. The molecule has 1 heterocycles. The first-order valence-electron chi connectivity index (χ1n) is 9.43. The Morgan fingerprint density at radius 3 is 2.40 bits per heavy atom. The van der Waals surface area contributed by atoms with Crippen molar-refractivity contribution in [1.82, 2.24) is 5.32 Å². The van der Waals surface area contributed by atoms with Gasteiger partial charge >= 0.3 is 0 Å². The number of carbonyl (C=O) groups is 1. The molecule has 0 aliphatic carbocycles. The number of benzene rings is 2. The molecule has 0 atom stereocenters. The predicted octanol–water partition coefficient (Wildman–Crippen LogP) is 3.62. The maximum Gasteiger partial charge on any atom is 0.264 e. The molecule has 1 fully saturated rings. The smallest absolute Gasteiger partial charge is 0.264 e. The molecule has 1 aliphatic heterocycles. The summed E-state index contributed by atoms with van der Waals surface area (Å²) in [6, 6.07) is 13.3. The molecule has 0 saturated carbocycles. The Morgan fingerprint density at radius 2 is 1.73 bits per heavy atom. The van der Waals surface area contributed by atoms with E-state index in [2.05, 4.69) is 5.32 Å². The molecule has 2 aromatic rings. The van der Waals surface area contributed by atoms with Crippen molar-refractivity contribution in [2.75, 3.05) is 33.5 Å². The molecule has 2 aromatic carbocycles. The van der Waals surface area contributed by atoms with Crippen molar-refractivity contribution in [3.63, 3.8) is 0 Å². The number of amidine groups is 1. The zero-order chi connectivity index (χ0) is 21.3. The second-order valence-corrected chi connectivity index (χ2v) is 7.43. The van der Waals surface area contributed by atoms with E-state index in [1.165, 1.54) is 0 Å². The van der Waals surface area contributed by atoms with E-state index >= 15 is 0 Å². The van der Waals surface area contributed by atoms with Gasteiger partial charge in [0.2, 0.25) is 0 Å². The summed E-state index contributed by atoms with van der Waals surface area (Å²) in [5, 5.41) is 10.1. The van der Waals surface area contributed by atoms with E-state index in [1.54, 1.807) is 25.3 Å². The van der Waals surface area contributed by atoms with Gasteiger partial charge in [0, 0.05) is 0 Å². The highest BCUT2D eigenvalue weighted by Gasteiger charge is 2.22. The molecule has 1 amide bonds. The summed E-state index contributed by atoms with van der Waals surface area (Å²) >= 11 is 1.09. The fraction of sp³-hybridized carbons (Fsp3) is 0.273. The van der Waals surface area contributed by atoms with Crippen LogP contribution in [0, 0.1) is 12.3 Å². The number of para-hydroxylation sites is 1. The Kier molecular flexibility index (Phi) is 7.75. The van der Waals surface area contributed by atoms with Gasteiger partial charge in [-0.25, -0.2) is 0 Å². The van der Waals surface area contributed by atoms with E-state index in [0.29, 0.717) is 42.8 Å². The van der Waals surface area contributed by atoms with Gasteiger partial charge in [-0.3, -0.25) is 10.2 Å². The average molecular weight is 429 g/mol. The number of methoxy groups -OCH3 is 1. The van der Waals surface area contributed by atoms with Crippen molar-refractivity contribution >= 4 is 28.9 Å². The van der Waals surface area contributed by atoms with Crippen molar-refractivity contribution in [2.24, 2.45) is 0 Å². The normalized spacial score (nSPS) is 14.7.